The summed E-state index contributed by atoms with van der Waals surface area (Å²) >= 11 is 0. The summed E-state index contributed by atoms with van der Waals surface area (Å²) in [5.74, 6) is 0.655. The Bertz CT molecular complexity index is 893. The lowest BCUT2D eigenvalue weighted by molar-refractivity contribution is 0.0685. The van der Waals surface area contributed by atoms with E-state index in [4.69, 9.17) is 0 Å². The number of aryl methyl sites for hydroxylation is 1. The highest BCUT2D eigenvalue weighted by Crippen LogP contribution is 2.24. The van der Waals surface area contributed by atoms with Crippen molar-refractivity contribution in [2.45, 2.75) is 19.3 Å². The maximum Gasteiger partial charge on any atom is 0.274 e. The van der Waals surface area contributed by atoms with Crippen molar-refractivity contribution in [3.8, 4) is 0 Å². The van der Waals surface area contributed by atoms with Crippen LogP contribution in [0.3, 0.4) is 0 Å². The van der Waals surface area contributed by atoms with E-state index < -0.39 is 0 Å². The van der Waals surface area contributed by atoms with Gasteiger partial charge in [-0.1, -0.05) is 18.2 Å². The highest BCUT2D eigenvalue weighted by atomic mass is 16.2. The Kier molecular flexibility index (Phi) is 4.22. The predicted octanol–water partition coefficient (Wildman–Crippen LogP) is 3.06. The van der Waals surface area contributed by atoms with Crippen molar-refractivity contribution < 1.29 is 4.79 Å². The van der Waals surface area contributed by atoms with Crippen LogP contribution in [0.15, 0.2) is 49.1 Å². The summed E-state index contributed by atoms with van der Waals surface area (Å²) in [6.45, 7) is 1.61. The molecule has 1 saturated heterocycles. The number of pyridine rings is 1. The van der Waals surface area contributed by atoms with Crippen LogP contribution >= 0.6 is 0 Å². The zero-order valence-corrected chi connectivity index (χ0v) is 14.4. The molecular formula is C20H22N4O. The second kappa shape index (κ2) is 6.67. The third-order valence-electron chi connectivity index (χ3n) is 5.00. The first-order valence-corrected chi connectivity index (χ1v) is 8.80. The van der Waals surface area contributed by atoms with Crippen LogP contribution in [-0.2, 0) is 13.5 Å². The number of carbonyl (C=O) groups is 1. The molecule has 0 atom stereocenters. The second-order valence-corrected chi connectivity index (χ2v) is 6.90. The normalized spacial score (nSPS) is 15.6. The van der Waals surface area contributed by atoms with Crippen LogP contribution in [0.4, 0.5) is 0 Å². The number of fused-ring (bicyclic) bond motifs is 1. The molecule has 0 radical (unpaired) electrons. The molecule has 3 heterocycles. The van der Waals surface area contributed by atoms with Crippen LogP contribution in [-0.4, -0.2) is 38.4 Å². The van der Waals surface area contributed by atoms with Crippen molar-refractivity contribution in [3.05, 3.63) is 60.3 Å². The number of amides is 1. The number of nitrogens with zero attached hydrogens (tertiary/aromatic N) is 4. The molecule has 0 unspecified atom stereocenters. The lowest BCUT2D eigenvalue weighted by Gasteiger charge is -2.31. The van der Waals surface area contributed by atoms with Crippen molar-refractivity contribution in [2.24, 2.45) is 13.0 Å². The van der Waals surface area contributed by atoms with Gasteiger partial charge in [-0.15, -0.1) is 0 Å². The minimum atomic E-state index is 0.0476. The number of hydrogen-bond donors (Lipinski definition) is 0. The van der Waals surface area contributed by atoms with Crippen LogP contribution < -0.4 is 0 Å². The average Bonchev–Trinajstić information content (AvgIpc) is 3.08. The molecule has 128 valence electrons. The standard InChI is InChI=1S/C20H22N4O/c1-23-13-19(22-14-23)20(25)24-8-6-15(7-9-24)10-16-11-17-4-2-3-5-18(17)21-12-16/h2-5,11-15H,6-10H2,1H3. The minimum Gasteiger partial charge on any atom is -0.340 e. The van der Waals surface area contributed by atoms with Crippen molar-refractivity contribution in [2.75, 3.05) is 13.1 Å². The van der Waals surface area contributed by atoms with Crippen molar-refractivity contribution in [1.82, 2.24) is 19.4 Å². The summed E-state index contributed by atoms with van der Waals surface area (Å²) in [6, 6.07) is 10.5. The quantitative estimate of drug-likeness (QED) is 0.740. The molecule has 2 aromatic heterocycles. The molecule has 0 saturated carbocycles. The Morgan fingerprint density at radius 2 is 2.00 bits per heavy atom. The molecule has 25 heavy (non-hydrogen) atoms. The smallest absolute Gasteiger partial charge is 0.274 e. The molecule has 1 aliphatic heterocycles. The van der Waals surface area contributed by atoms with Gasteiger partial charge in [0.1, 0.15) is 5.69 Å². The molecule has 3 aromatic rings. The summed E-state index contributed by atoms with van der Waals surface area (Å²) in [5, 5.41) is 1.20. The molecule has 0 bridgehead atoms. The number of imidazole rings is 1. The first-order chi connectivity index (χ1) is 12.2. The molecule has 1 aromatic carbocycles. The van der Waals surface area contributed by atoms with Gasteiger partial charge in [-0.25, -0.2) is 4.98 Å². The molecule has 5 nitrogen and oxygen atoms in total. The molecule has 0 aliphatic carbocycles. The van der Waals surface area contributed by atoms with E-state index in [-0.39, 0.29) is 5.91 Å². The predicted molar refractivity (Wildman–Crippen MR) is 97.3 cm³/mol. The van der Waals surface area contributed by atoms with E-state index in [0.29, 0.717) is 11.6 Å². The van der Waals surface area contributed by atoms with Gasteiger partial charge in [-0.05, 0) is 42.9 Å². The summed E-state index contributed by atoms with van der Waals surface area (Å²) in [4.78, 5) is 23.1. The monoisotopic (exact) mass is 334 g/mol. The van der Waals surface area contributed by atoms with Gasteiger partial charge in [-0.2, -0.15) is 0 Å². The fourth-order valence-corrected chi connectivity index (χ4v) is 3.59. The van der Waals surface area contributed by atoms with E-state index in [0.717, 1.165) is 37.9 Å². The lowest BCUT2D eigenvalue weighted by atomic mass is 9.90. The summed E-state index contributed by atoms with van der Waals surface area (Å²) in [7, 11) is 1.88. The van der Waals surface area contributed by atoms with Gasteiger partial charge >= 0.3 is 0 Å². The Morgan fingerprint density at radius 3 is 2.76 bits per heavy atom. The summed E-state index contributed by atoms with van der Waals surface area (Å²) < 4.78 is 1.81. The number of carbonyl (C=O) groups excluding carboxylic acids is 1. The zero-order chi connectivity index (χ0) is 17.2. The van der Waals surface area contributed by atoms with Crippen molar-refractivity contribution >= 4 is 16.8 Å². The number of aromatic nitrogens is 3. The maximum atomic E-state index is 12.5. The topological polar surface area (TPSA) is 51.0 Å². The molecule has 5 heteroatoms. The van der Waals surface area contributed by atoms with Crippen molar-refractivity contribution in [3.63, 3.8) is 0 Å². The number of benzene rings is 1. The summed E-state index contributed by atoms with van der Waals surface area (Å²) in [6.07, 6.45) is 8.55. The van der Waals surface area contributed by atoms with Crippen LogP contribution in [0, 0.1) is 5.92 Å². The second-order valence-electron chi connectivity index (χ2n) is 6.90. The fraction of sp³-hybridized carbons (Fsp3) is 0.350. The number of hydrogen-bond acceptors (Lipinski definition) is 3. The number of piperidine rings is 1. The third kappa shape index (κ3) is 3.40. The zero-order valence-electron chi connectivity index (χ0n) is 14.4. The van der Waals surface area contributed by atoms with Crippen LogP contribution in [0.5, 0.6) is 0 Å². The van der Waals surface area contributed by atoms with E-state index in [2.05, 4.69) is 28.2 Å². The van der Waals surface area contributed by atoms with Gasteiger partial charge in [0.2, 0.25) is 0 Å². The Morgan fingerprint density at radius 1 is 1.20 bits per heavy atom. The van der Waals surface area contributed by atoms with Gasteiger partial charge < -0.3 is 9.47 Å². The van der Waals surface area contributed by atoms with E-state index in [9.17, 15) is 4.79 Å². The highest BCUT2D eigenvalue weighted by molar-refractivity contribution is 5.92. The SMILES string of the molecule is Cn1cnc(C(=O)N2CCC(Cc3cnc4ccccc4c3)CC2)c1. The van der Waals surface area contributed by atoms with E-state index in [1.54, 1.807) is 12.5 Å². The Balaban J connectivity index is 1.37. The first-order valence-electron chi connectivity index (χ1n) is 8.80. The maximum absolute atomic E-state index is 12.5. The van der Waals surface area contributed by atoms with Crippen LogP contribution in [0.25, 0.3) is 10.9 Å². The largest absolute Gasteiger partial charge is 0.340 e. The van der Waals surface area contributed by atoms with E-state index in [1.807, 2.05) is 34.8 Å². The van der Waals surface area contributed by atoms with Gasteiger partial charge in [0.25, 0.3) is 5.91 Å². The fourth-order valence-electron chi connectivity index (χ4n) is 3.59. The lowest BCUT2D eigenvalue weighted by Crippen LogP contribution is -2.39. The molecular weight excluding hydrogens is 312 g/mol. The van der Waals surface area contributed by atoms with Gasteiger partial charge in [-0.3, -0.25) is 9.78 Å². The minimum absolute atomic E-state index is 0.0476. The molecule has 1 amide bonds. The molecule has 1 fully saturated rings. The third-order valence-corrected chi connectivity index (χ3v) is 5.00. The van der Waals surface area contributed by atoms with Crippen LogP contribution in [0.1, 0.15) is 28.9 Å². The summed E-state index contributed by atoms with van der Waals surface area (Å²) in [5.41, 5.74) is 2.87. The molecule has 0 spiro atoms. The number of rotatable bonds is 3. The van der Waals surface area contributed by atoms with Gasteiger partial charge in [0, 0.05) is 37.9 Å². The average molecular weight is 334 g/mol. The molecule has 0 N–H and O–H groups in total. The van der Waals surface area contributed by atoms with E-state index >= 15 is 0 Å². The Hall–Kier alpha value is -2.69. The van der Waals surface area contributed by atoms with Gasteiger partial charge in [0.15, 0.2) is 0 Å². The molecule has 1 aliphatic rings. The Labute approximate surface area is 147 Å². The van der Waals surface area contributed by atoms with Gasteiger partial charge in [0.05, 0.1) is 11.8 Å². The van der Waals surface area contributed by atoms with Crippen LogP contribution in [0.2, 0.25) is 0 Å². The number of para-hydroxylation sites is 1. The number of likely N-dealkylation sites (tertiary alicyclic amines) is 1. The van der Waals surface area contributed by atoms with E-state index in [1.165, 1.54) is 10.9 Å². The first kappa shape index (κ1) is 15.8. The van der Waals surface area contributed by atoms with Crippen molar-refractivity contribution in [1.29, 1.82) is 0 Å². The molecule has 4 rings (SSSR count). The highest BCUT2D eigenvalue weighted by Gasteiger charge is 2.25.